The normalized spacial score (nSPS) is 35.9. The van der Waals surface area contributed by atoms with Crippen molar-refractivity contribution >= 4 is 18.5 Å². The van der Waals surface area contributed by atoms with Crippen LogP contribution in [0.3, 0.4) is 0 Å². The molecule has 1 amide bonds. The summed E-state index contributed by atoms with van der Waals surface area (Å²) in [5, 5.41) is 0. The molecule has 1 saturated carbocycles. The average Bonchev–Trinajstić information content (AvgIpc) is 2.85. The van der Waals surface area contributed by atoms with Crippen LogP contribution in [0.15, 0.2) is 0 Å². The van der Waals surface area contributed by atoms with Gasteiger partial charge in [0.15, 0.2) is 0 Å². The predicted octanol–water partition coefficient (Wildman–Crippen LogP) is 1.28. The van der Waals surface area contributed by atoms with Gasteiger partial charge in [0, 0.05) is 13.1 Å². The molecule has 2 aliphatic rings. The summed E-state index contributed by atoms with van der Waals surface area (Å²) < 4.78 is 0. The van der Waals surface area contributed by atoms with Crippen molar-refractivity contribution in [2.45, 2.75) is 38.6 Å². The molecule has 2 rings (SSSR count). The Kier molecular flexibility index (Phi) is 3.50. The van der Waals surface area contributed by atoms with E-state index in [2.05, 4.69) is 12.6 Å². The first-order chi connectivity index (χ1) is 7.56. The molecule has 1 aliphatic carbocycles. The Morgan fingerprint density at radius 3 is 2.94 bits per heavy atom. The Bertz CT molecular complexity index is 282. The largest absolute Gasteiger partial charge is 0.341 e. The highest BCUT2D eigenvalue weighted by Crippen LogP contribution is 2.48. The standard InChI is InChI=1S/C12H22N2OS/c1-9(13)11(15)14-5-4-12(8-14)3-2-10(6-12)7-16/h9-10,16H,2-8,13H2,1H3/t9-,10+,12+/m0/s1. The monoisotopic (exact) mass is 242 g/mol. The number of nitrogens with zero attached hydrogens (tertiary/aromatic N) is 1. The van der Waals surface area contributed by atoms with Crippen molar-refractivity contribution in [1.29, 1.82) is 0 Å². The van der Waals surface area contributed by atoms with E-state index < -0.39 is 0 Å². The molecule has 1 saturated heterocycles. The van der Waals surface area contributed by atoms with E-state index in [4.69, 9.17) is 5.73 Å². The molecule has 0 aromatic rings. The van der Waals surface area contributed by atoms with Gasteiger partial charge in [0.2, 0.25) is 5.91 Å². The maximum absolute atomic E-state index is 11.8. The number of hydrogen-bond acceptors (Lipinski definition) is 3. The van der Waals surface area contributed by atoms with Crippen molar-refractivity contribution in [3.8, 4) is 0 Å². The van der Waals surface area contributed by atoms with Gasteiger partial charge in [0.05, 0.1) is 6.04 Å². The molecule has 2 fully saturated rings. The first-order valence-electron chi connectivity index (χ1n) is 6.21. The van der Waals surface area contributed by atoms with E-state index in [-0.39, 0.29) is 11.9 Å². The summed E-state index contributed by atoms with van der Waals surface area (Å²) in [7, 11) is 0. The molecule has 1 spiro atoms. The van der Waals surface area contributed by atoms with Crippen molar-refractivity contribution in [3.05, 3.63) is 0 Å². The lowest BCUT2D eigenvalue weighted by molar-refractivity contribution is -0.131. The number of thiol groups is 1. The van der Waals surface area contributed by atoms with Crippen molar-refractivity contribution in [2.24, 2.45) is 17.1 Å². The van der Waals surface area contributed by atoms with E-state index in [0.717, 1.165) is 31.2 Å². The highest BCUT2D eigenvalue weighted by molar-refractivity contribution is 7.80. The minimum atomic E-state index is -0.350. The van der Waals surface area contributed by atoms with E-state index in [9.17, 15) is 4.79 Å². The number of carbonyl (C=O) groups excluding carboxylic acids is 1. The number of rotatable bonds is 2. The minimum absolute atomic E-state index is 0.117. The van der Waals surface area contributed by atoms with Crippen LogP contribution in [0.2, 0.25) is 0 Å². The van der Waals surface area contributed by atoms with Crippen LogP contribution in [0.4, 0.5) is 0 Å². The van der Waals surface area contributed by atoms with Crippen LogP contribution in [0.1, 0.15) is 32.6 Å². The van der Waals surface area contributed by atoms with Gasteiger partial charge in [0.25, 0.3) is 0 Å². The zero-order chi connectivity index (χ0) is 11.8. The molecule has 2 N–H and O–H groups in total. The van der Waals surface area contributed by atoms with E-state index in [0.29, 0.717) is 5.41 Å². The highest BCUT2D eigenvalue weighted by atomic mass is 32.1. The van der Waals surface area contributed by atoms with Gasteiger partial charge in [-0.25, -0.2) is 0 Å². The Morgan fingerprint density at radius 2 is 2.38 bits per heavy atom. The van der Waals surface area contributed by atoms with Gasteiger partial charge >= 0.3 is 0 Å². The molecule has 0 aromatic carbocycles. The molecule has 3 atom stereocenters. The molecule has 0 aromatic heterocycles. The van der Waals surface area contributed by atoms with E-state index in [1.165, 1.54) is 19.3 Å². The lowest BCUT2D eigenvalue weighted by Crippen LogP contribution is -2.41. The summed E-state index contributed by atoms with van der Waals surface area (Å²) >= 11 is 4.39. The smallest absolute Gasteiger partial charge is 0.239 e. The number of carbonyl (C=O) groups is 1. The number of nitrogens with two attached hydrogens (primary N) is 1. The van der Waals surface area contributed by atoms with Crippen LogP contribution in [0.5, 0.6) is 0 Å². The van der Waals surface area contributed by atoms with Crippen molar-refractivity contribution in [2.75, 3.05) is 18.8 Å². The van der Waals surface area contributed by atoms with Crippen LogP contribution < -0.4 is 5.73 Å². The molecule has 1 aliphatic heterocycles. The van der Waals surface area contributed by atoms with Crippen LogP contribution in [-0.2, 0) is 4.79 Å². The fraction of sp³-hybridized carbons (Fsp3) is 0.917. The number of hydrogen-bond donors (Lipinski definition) is 2. The fourth-order valence-electron chi connectivity index (χ4n) is 3.26. The molecular formula is C12H22N2OS. The minimum Gasteiger partial charge on any atom is -0.341 e. The second-order valence-electron chi connectivity index (χ2n) is 5.59. The van der Waals surface area contributed by atoms with Crippen LogP contribution >= 0.6 is 12.6 Å². The van der Waals surface area contributed by atoms with Crippen LogP contribution in [-0.4, -0.2) is 35.7 Å². The van der Waals surface area contributed by atoms with Gasteiger partial charge in [-0.2, -0.15) is 12.6 Å². The third-order valence-corrected chi connectivity index (χ3v) is 4.72. The predicted molar refractivity (Wildman–Crippen MR) is 68.5 cm³/mol. The first kappa shape index (κ1) is 12.2. The molecule has 1 heterocycles. The van der Waals surface area contributed by atoms with Crippen molar-refractivity contribution < 1.29 is 4.79 Å². The summed E-state index contributed by atoms with van der Waals surface area (Å²) in [6, 6.07) is -0.350. The van der Waals surface area contributed by atoms with Crippen molar-refractivity contribution in [3.63, 3.8) is 0 Å². The molecule has 0 bridgehead atoms. The molecule has 0 unspecified atom stereocenters. The lowest BCUT2D eigenvalue weighted by Gasteiger charge is -2.25. The maximum atomic E-state index is 11.8. The van der Waals surface area contributed by atoms with Crippen molar-refractivity contribution in [1.82, 2.24) is 4.90 Å². The average molecular weight is 242 g/mol. The quantitative estimate of drug-likeness (QED) is 0.717. The number of amides is 1. The molecule has 16 heavy (non-hydrogen) atoms. The van der Waals surface area contributed by atoms with Gasteiger partial charge in [-0.05, 0) is 49.7 Å². The second-order valence-corrected chi connectivity index (χ2v) is 5.96. The van der Waals surface area contributed by atoms with E-state index in [1.807, 2.05) is 4.90 Å². The Balaban J connectivity index is 1.95. The summed E-state index contributed by atoms with van der Waals surface area (Å²) in [4.78, 5) is 13.8. The SMILES string of the molecule is C[C@H](N)C(=O)N1CC[C@@]2(CC[C@@H](CS)C2)C1. The molecule has 92 valence electrons. The third kappa shape index (κ3) is 2.23. The summed E-state index contributed by atoms with van der Waals surface area (Å²) in [6.45, 7) is 3.61. The summed E-state index contributed by atoms with van der Waals surface area (Å²) in [6.07, 6.45) is 4.96. The molecule has 0 radical (unpaired) electrons. The topological polar surface area (TPSA) is 46.3 Å². The molecule has 3 nitrogen and oxygen atoms in total. The van der Waals surface area contributed by atoms with Gasteiger partial charge in [-0.15, -0.1) is 0 Å². The summed E-state index contributed by atoms with van der Waals surface area (Å²) in [5.41, 5.74) is 6.05. The molecular weight excluding hydrogens is 220 g/mol. The second kappa shape index (κ2) is 4.57. The number of likely N-dealkylation sites (tertiary alicyclic amines) is 1. The maximum Gasteiger partial charge on any atom is 0.239 e. The highest BCUT2D eigenvalue weighted by Gasteiger charge is 2.44. The van der Waals surface area contributed by atoms with Gasteiger partial charge in [-0.3, -0.25) is 4.79 Å². The molecule has 4 heteroatoms. The third-order valence-electron chi connectivity index (χ3n) is 4.20. The Hall–Kier alpha value is -0.220. The van der Waals surface area contributed by atoms with Gasteiger partial charge < -0.3 is 10.6 Å². The first-order valence-corrected chi connectivity index (χ1v) is 6.85. The zero-order valence-electron chi connectivity index (χ0n) is 9.98. The van der Waals surface area contributed by atoms with Crippen LogP contribution in [0, 0.1) is 11.3 Å². The fourth-order valence-corrected chi connectivity index (χ4v) is 3.58. The Labute approximate surface area is 103 Å². The van der Waals surface area contributed by atoms with E-state index >= 15 is 0 Å². The van der Waals surface area contributed by atoms with Crippen LogP contribution in [0.25, 0.3) is 0 Å². The van der Waals surface area contributed by atoms with Gasteiger partial charge in [0.1, 0.15) is 0 Å². The van der Waals surface area contributed by atoms with Gasteiger partial charge in [-0.1, -0.05) is 0 Å². The summed E-state index contributed by atoms with van der Waals surface area (Å²) in [5.74, 6) is 1.86. The Morgan fingerprint density at radius 1 is 1.62 bits per heavy atom. The lowest BCUT2D eigenvalue weighted by atomic mass is 9.85. The zero-order valence-corrected chi connectivity index (χ0v) is 10.9. The van der Waals surface area contributed by atoms with E-state index in [1.54, 1.807) is 6.92 Å².